The van der Waals surface area contributed by atoms with Gasteiger partial charge in [-0.25, -0.2) is 0 Å². The molecule has 0 bridgehead atoms. The maximum absolute atomic E-state index is 9.39. The lowest BCUT2D eigenvalue weighted by atomic mass is 9.48. The summed E-state index contributed by atoms with van der Waals surface area (Å²) in [7, 11) is 0. The van der Waals surface area contributed by atoms with Crippen LogP contribution in [0.2, 0.25) is 0 Å². The summed E-state index contributed by atoms with van der Waals surface area (Å²) in [4.78, 5) is 0. The molecule has 0 amide bonds. The molecule has 0 aromatic rings. The second kappa shape index (κ2) is 4.08. The molecule has 3 aliphatic rings. The molecule has 0 unspecified atom stereocenters. The molecule has 1 saturated heterocycles. The van der Waals surface area contributed by atoms with Crippen LogP contribution in [0.3, 0.4) is 0 Å². The Balaban J connectivity index is 2.04. The largest absolute Gasteiger partial charge is 0.396 e. The monoisotopic (exact) mass is 250 g/mol. The molecule has 2 aliphatic carbocycles. The first-order chi connectivity index (χ1) is 8.51. The van der Waals surface area contributed by atoms with Gasteiger partial charge in [0.15, 0.2) is 0 Å². The molecule has 18 heavy (non-hydrogen) atoms. The Morgan fingerprint density at radius 3 is 2.89 bits per heavy atom. The first-order valence-electron chi connectivity index (χ1n) is 7.42. The van der Waals surface area contributed by atoms with Gasteiger partial charge < -0.3 is 9.84 Å². The molecular formula is C16H26O2. The van der Waals surface area contributed by atoms with E-state index in [-0.39, 0.29) is 0 Å². The third kappa shape index (κ3) is 1.55. The maximum atomic E-state index is 9.39. The van der Waals surface area contributed by atoms with E-state index in [2.05, 4.69) is 26.8 Å². The fourth-order valence-electron chi connectivity index (χ4n) is 5.41. The van der Waals surface area contributed by atoms with Crippen molar-refractivity contribution in [2.45, 2.75) is 52.6 Å². The van der Waals surface area contributed by atoms with Crippen molar-refractivity contribution >= 4 is 0 Å². The Kier molecular flexibility index (Phi) is 2.87. The molecular weight excluding hydrogens is 224 g/mol. The number of rotatable bonds is 2. The van der Waals surface area contributed by atoms with Crippen LogP contribution in [0.4, 0.5) is 0 Å². The average molecular weight is 250 g/mol. The Hall–Kier alpha value is -0.340. The van der Waals surface area contributed by atoms with Gasteiger partial charge in [0.25, 0.3) is 0 Å². The summed E-state index contributed by atoms with van der Waals surface area (Å²) in [5.41, 5.74) is 2.14. The molecule has 2 fully saturated rings. The standard InChI is InChI=1S/C16H26O2/c1-11-9-13-14-15(2,10-18-13)6-4-7-16(14,3)12(11)5-8-17/h9,12-14,17H,4-8,10H2,1-3H3/t12-,13+,14-,15+,16+/m0/s1. The molecule has 0 radical (unpaired) electrons. The maximum Gasteiger partial charge on any atom is 0.0798 e. The minimum atomic E-state index is 0.306. The number of allylic oxidation sites excluding steroid dienone is 1. The summed E-state index contributed by atoms with van der Waals surface area (Å²) in [5, 5.41) is 9.39. The van der Waals surface area contributed by atoms with Crippen molar-refractivity contribution in [1.29, 1.82) is 0 Å². The van der Waals surface area contributed by atoms with Gasteiger partial charge in [0.1, 0.15) is 0 Å². The van der Waals surface area contributed by atoms with Crippen molar-refractivity contribution < 1.29 is 9.84 Å². The van der Waals surface area contributed by atoms with Crippen LogP contribution >= 0.6 is 0 Å². The minimum Gasteiger partial charge on any atom is -0.396 e. The van der Waals surface area contributed by atoms with Gasteiger partial charge in [-0.1, -0.05) is 31.9 Å². The van der Waals surface area contributed by atoms with Crippen molar-refractivity contribution in [1.82, 2.24) is 0 Å². The van der Waals surface area contributed by atoms with Crippen LogP contribution in [0, 0.1) is 22.7 Å². The number of aliphatic hydroxyl groups is 1. The molecule has 3 rings (SSSR count). The van der Waals surface area contributed by atoms with E-state index in [1.807, 2.05) is 0 Å². The van der Waals surface area contributed by atoms with E-state index in [0.29, 0.717) is 35.4 Å². The molecule has 5 atom stereocenters. The van der Waals surface area contributed by atoms with Gasteiger partial charge in [-0.2, -0.15) is 0 Å². The van der Waals surface area contributed by atoms with Crippen LogP contribution < -0.4 is 0 Å². The quantitative estimate of drug-likeness (QED) is 0.763. The summed E-state index contributed by atoms with van der Waals surface area (Å²) in [5.74, 6) is 1.20. The SMILES string of the molecule is CC1=C[C@H]2OC[C@@]3(C)CCC[C@](C)([C@H]1CCO)[C@@H]23. The van der Waals surface area contributed by atoms with Crippen molar-refractivity contribution in [3.8, 4) is 0 Å². The van der Waals surface area contributed by atoms with Gasteiger partial charge in [-0.15, -0.1) is 0 Å². The zero-order valence-corrected chi connectivity index (χ0v) is 11.9. The van der Waals surface area contributed by atoms with E-state index < -0.39 is 0 Å². The zero-order chi connectivity index (χ0) is 13.0. The Bertz CT molecular complexity index is 375. The van der Waals surface area contributed by atoms with Crippen LogP contribution in [0.25, 0.3) is 0 Å². The van der Waals surface area contributed by atoms with Gasteiger partial charge >= 0.3 is 0 Å². The normalized spacial score (nSPS) is 50.9. The summed E-state index contributed by atoms with van der Waals surface area (Å²) in [6, 6.07) is 0. The van der Waals surface area contributed by atoms with Gasteiger partial charge in [0.05, 0.1) is 12.7 Å². The Morgan fingerprint density at radius 1 is 1.39 bits per heavy atom. The predicted molar refractivity (Wildman–Crippen MR) is 72.2 cm³/mol. The average Bonchev–Trinajstić information content (AvgIpc) is 2.63. The number of aliphatic hydroxyl groups excluding tert-OH is 1. The highest BCUT2D eigenvalue weighted by Crippen LogP contribution is 2.63. The lowest BCUT2D eigenvalue weighted by molar-refractivity contribution is -0.0369. The summed E-state index contributed by atoms with van der Waals surface area (Å²) in [6.45, 7) is 8.33. The molecule has 1 aliphatic heterocycles. The topological polar surface area (TPSA) is 29.5 Å². The molecule has 2 heteroatoms. The van der Waals surface area contributed by atoms with Crippen molar-refractivity contribution in [2.24, 2.45) is 22.7 Å². The van der Waals surface area contributed by atoms with Crippen molar-refractivity contribution in [3.63, 3.8) is 0 Å². The van der Waals surface area contributed by atoms with Crippen LogP contribution in [0.1, 0.15) is 46.5 Å². The number of hydrogen-bond donors (Lipinski definition) is 1. The molecule has 0 spiro atoms. The van der Waals surface area contributed by atoms with Crippen molar-refractivity contribution in [2.75, 3.05) is 13.2 Å². The summed E-state index contributed by atoms with van der Waals surface area (Å²) < 4.78 is 6.10. The lowest BCUT2D eigenvalue weighted by Crippen LogP contribution is -2.51. The van der Waals surface area contributed by atoms with Crippen LogP contribution in [0.5, 0.6) is 0 Å². The third-order valence-corrected chi connectivity index (χ3v) is 6.05. The summed E-state index contributed by atoms with van der Waals surface area (Å²) >= 11 is 0. The van der Waals surface area contributed by atoms with E-state index in [4.69, 9.17) is 4.74 Å². The van der Waals surface area contributed by atoms with Crippen LogP contribution in [-0.2, 0) is 4.74 Å². The first-order valence-corrected chi connectivity index (χ1v) is 7.42. The molecule has 0 aromatic carbocycles. The third-order valence-electron chi connectivity index (χ3n) is 6.05. The molecule has 102 valence electrons. The van der Waals surface area contributed by atoms with E-state index in [0.717, 1.165) is 13.0 Å². The summed E-state index contributed by atoms with van der Waals surface area (Å²) in [6.07, 6.45) is 7.51. The van der Waals surface area contributed by atoms with Gasteiger partial charge in [-0.3, -0.25) is 0 Å². The van der Waals surface area contributed by atoms with Gasteiger partial charge in [-0.05, 0) is 42.9 Å². The lowest BCUT2D eigenvalue weighted by Gasteiger charge is -2.55. The zero-order valence-electron chi connectivity index (χ0n) is 11.9. The Morgan fingerprint density at radius 2 is 2.17 bits per heavy atom. The minimum absolute atomic E-state index is 0.306. The molecule has 0 aromatic heterocycles. The van der Waals surface area contributed by atoms with Crippen LogP contribution in [-0.4, -0.2) is 24.4 Å². The van der Waals surface area contributed by atoms with E-state index in [1.54, 1.807) is 0 Å². The fourth-order valence-corrected chi connectivity index (χ4v) is 5.41. The number of hydrogen-bond acceptors (Lipinski definition) is 2. The van der Waals surface area contributed by atoms with Gasteiger partial charge in [0, 0.05) is 12.5 Å². The molecule has 1 saturated carbocycles. The molecule has 1 N–H and O–H groups in total. The van der Waals surface area contributed by atoms with E-state index in [1.165, 1.54) is 24.8 Å². The predicted octanol–water partition coefficient (Wildman–Crippen LogP) is 3.16. The van der Waals surface area contributed by atoms with Gasteiger partial charge in [0.2, 0.25) is 0 Å². The fraction of sp³-hybridized carbons (Fsp3) is 0.875. The van der Waals surface area contributed by atoms with E-state index in [9.17, 15) is 5.11 Å². The number of ether oxygens (including phenoxy) is 1. The highest BCUT2D eigenvalue weighted by atomic mass is 16.5. The molecule has 1 heterocycles. The van der Waals surface area contributed by atoms with Crippen molar-refractivity contribution in [3.05, 3.63) is 11.6 Å². The Labute approximate surface area is 110 Å². The highest BCUT2D eigenvalue weighted by Gasteiger charge is 2.60. The second-order valence-electron chi connectivity index (χ2n) is 7.24. The first kappa shape index (κ1) is 12.7. The van der Waals surface area contributed by atoms with Crippen LogP contribution in [0.15, 0.2) is 11.6 Å². The molecule has 2 nitrogen and oxygen atoms in total. The highest BCUT2D eigenvalue weighted by molar-refractivity contribution is 5.24. The van der Waals surface area contributed by atoms with E-state index >= 15 is 0 Å². The smallest absolute Gasteiger partial charge is 0.0798 e. The second-order valence-corrected chi connectivity index (χ2v) is 7.24.